The van der Waals surface area contributed by atoms with E-state index >= 15 is 0 Å². The summed E-state index contributed by atoms with van der Waals surface area (Å²) in [7, 11) is 2.53. The first-order valence-electron chi connectivity index (χ1n) is 8.85. The zero-order valence-corrected chi connectivity index (χ0v) is 17.2. The van der Waals surface area contributed by atoms with Crippen LogP contribution in [0.3, 0.4) is 0 Å². The monoisotopic (exact) mass is 399 g/mol. The third kappa shape index (κ3) is 5.27. The van der Waals surface area contributed by atoms with Crippen molar-refractivity contribution in [3.8, 4) is 0 Å². The molecule has 0 saturated carbocycles. The number of methoxy groups -OCH3 is 2. The third-order valence-corrected chi connectivity index (χ3v) is 5.67. The summed E-state index contributed by atoms with van der Waals surface area (Å²) >= 11 is 1.02. The number of amides is 1. The molecule has 9 heteroatoms. The minimum Gasteiger partial charge on any atom is -0.465 e. The Morgan fingerprint density at radius 2 is 1.74 bits per heavy atom. The zero-order valence-electron chi connectivity index (χ0n) is 16.3. The lowest BCUT2D eigenvalue weighted by atomic mass is 10.1. The molecule has 0 unspecified atom stereocenters. The van der Waals surface area contributed by atoms with Gasteiger partial charge in [0, 0.05) is 0 Å². The predicted molar refractivity (Wildman–Crippen MR) is 101 cm³/mol. The van der Waals surface area contributed by atoms with E-state index in [0.29, 0.717) is 23.5 Å². The molecule has 0 bridgehead atoms. The maximum Gasteiger partial charge on any atom is 0.348 e. The van der Waals surface area contributed by atoms with Gasteiger partial charge in [-0.15, -0.1) is 11.3 Å². The van der Waals surface area contributed by atoms with Gasteiger partial charge in [-0.25, -0.2) is 9.59 Å². The summed E-state index contributed by atoms with van der Waals surface area (Å²) < 4.78 is 15.2. The van der Waals surface area contributed by atoms with Crippen LogP contribution in [0.1, 0.15) is 45.9 Å². The van der Waals surface area contributed by atoms with Crippen molar-refractivity contribution in [2.45, 2.75) is 39.4 Å². The largest absolute Gasteiger partial charge is 0.465 e. The van der Waals surface area contributed by atoms with Crippen LogP contribution < -0.4 is 10.2 Å². The van der Waals surface area contributed by atoms with Crippen LogP contribution in [-0.4, -0.2) is 63.9 Å². The minimum absolute atomic E-state index is 0.167. The van der Waals surface area contributed by atoms with E-state index in [1.54, 1.807) is 6.92 Å². The highest BCUT2D eigenvalue weighted by molar-refractivity contribution is 7.18. The number of esters is 2. The molecule has 150 valence electrons. The summed E-state index contributed by atoms with van der Waals surface area (Å²) in [4.78, 5) is 38.0. The Bertz CT molecular complexity index is 707. The van der Waals surface area contributed by atoms with Gasteiger partial charge >= 0.3 is 11.9 Å². The van der Waals surface area contributed by atoms with Crippen molar-refractivity contribution in [2.75, 3.05) is 39.2 Å². The molecule has 1 aliphatic rings. The quantitative estimate of drug-likeness (QED) is 0.682. The fourth-order valence-corrected chi connectivity index (χ4v) is 4.44. The molecule has 1 aromatic rings. The van der Waals surface area contributed by atoms with Gasteiger partial charge in [0.2, 0.25) is 5.91 Å². The standard InChI is InChI=1S/C18H26N2O6S/c1-10-8-20(9-11(2)26-10)7-6-13(21)19-16-14(17(22)24-4)12(3)15(27-16)18(23)25-5/h10-11H,6-9H2,1-5H3,(H,19,21)/p+1/t10-,11-/m0/s1. The third-order valence-electron chi connectivity index (χ3n) is 4.48. The predicted octanol–water partition coefficient (Wildman–Crippen LogP) is 0.650. The van der Waals surface area contributed by atoms with Crippen molar-refractivity contribution >= 4 is 34.2 Å². The summed E-state index contributed by atoms with van der Waals surface area (Å²) in [5.74, 6) is -1.36. The van der Waals surface area contributed by atoms with E-state index in [4.69, 9.17) is 14.2 Å². The van der Waals surface area contributed by atoms with Crippen LogP contribution in [0, 0.1) is 6.92 Å². The highest BCUT2D eigenvalue weighted by Gasteiger charge is 2.28. The second-order valence-electron chi connectivity index (χ2n) is 6.71. The first kappa shape index (κ1) is 21.3. The van der Waals surface area contributed by atoms with E-state index < -0.39 is 11.9 Å². The number of nitrogens with one attached hydrogen (secondary N) is 2. The number of hydrogen-bond acceptors (Lipinski definition) is 7. The number of hydrogen-bond donors (Lipinski definition) is 2. The van der Waals surface area contributed by atoms with E-state index in [-0.39, 0.29) is 28.6 Å². The summed E-state index contributed by atoms with van der Waals surface area (Å²) in [5, 5.41) is 3.06. The van der Waals surface area contributed by atoms with E-state index in [2.05, 4.69) is 5.32 Å². The van der Waals surface area contributed by atoms with Gasteiger partial charge in [-0.1, -0.05) is 0 Å². The van der Waals surface area contributed by atoms with Gasteiger partial charge in [-0.05, 0) is 26.3 Å². The van der Waals surface area contributed by atoms with Gasteiger partial charge in [0.15, 0.2) is 0 Å². The van der Waals surface area contributed by atoms with Crippen LogP contribution in [0.5, 0.6) is 0 Å². The molecule has 1 amide bonds. The first-order valence-corrected chi connectivity index (χ1v) is 9.67. The molecule has 8 nitrogen and oxygen atoms in total. The number of quaternary nitrogens is 1. The van der Waals surface area contributed by atoms with Crippen molar-refractivity contribution in [1.29, 1.82) is 0 Å². The van der Waals surface area contributed by atoms with Crippen molar-refractivity contribution in [1.82, 2.24) is 0 Å². The van der Waals surface area contributed by atoms with Crippen molar-refractivity contribution in [2.24, 2.45) is 0 Å². The SMILES string of the molecule is COC(=O)c1sc(NC(=O)CC[NH+]2C[C@H](C)O[C@@H](C)C2)c(C(=O)OC)c1C. The molecule has 1 aliphatic heterocycles. The molecule has 27 heavy (non-hydrogen) atoms. The molecule has 0 radical (unpaired) electrons. The van der Waals surface area contributed by atoms with Gasteiger partial charge in [-0.2, -0.15) is 0 Å². The van der Waals surface area contributed by atoms with Crippen molar-refractivity contribution < 1.29 is 33.5 Å². The second kappa shape index (κ2) is 9.29. The molecule has 1 saturated heterocycles. The number of ether oxygens (including phenoxy) is 3. The number of morpholine rings is 1. The first-order chi connectivity index (χ1) is 12.8. The molecule has 1 aromatic heterocycles. The normalized spacial score (nSPS) is 22.2. The van der Waals surface area contributed by atoms with E-state index in [1.165, 1.54) is 19.1 Å². The molecule has 0 aliphatic carbocycles. The highest BCUT2D eigenvalue weighted by atomic mass is 32.1. The van der Waals surface area contributed by atoms with E-state index in [0.717, 1.165) is 24.4 Å². The molecule has 2 rings (SSSR count). The lowest BCUT2D eigenvalue weighted by Crippen LogP contribution is -3.15. The Hall–Kier alpha value is -1.97. The van der Waals surface area contributed by atoms with Crippen molar-refractivity contribution in [3.63, 3.8) is 0 Å². The molecule has 2 atom stereocenters. The van der Waals surface area contributed by atoms with Crippen molar-refractivity contribution in [3.05, 3.63) is 16.0 Å². The van der Waals surface area contributed by atoms with Crippen LogP contribution in [0.4, 0.5) is 5.00 Å². The molecule has 0 spiro atoms. The Labute approximate surface area is 162 Å². The summed E-state index contributed by atoms with van der Waals surface area (Å²) in [6, 6.07) is 0. The van der Waals surface area contributed by atoms with Gasteiger partial charge in [0.05, 0.1) is 32.7 Å². The average Bonchev–Trinajstić information content (AvgIpc) is 2.94. The summed E-state index contributed by atoms with van der Waals surface area (Å²) in [5.41, 5.74) is 0.632. The molecule has 2 heterocycles. The smallest absolute Gasteiger partial charge is 0.348 e. The fourth-order valence-electron chi connectivity index (χ4n) is 3.31. The number of carbonyl (C=O) groups is 3. The van der Waals surface area contributed by atoms with Gasteiger partial charge in [0.1, 0.15) is 35.2 Å². The van der Waals surface area contributed by atoms with E-state index in [9.17, 15) is 14.4 Å². The molecule has 1 fully saturated rings. The number of rotatable bonds is 6. The highest BCUT2D eigenvalue weighted by Crippen LogP contribution is 2.34. The van der Waals surface area contributed by atoms with Crippen LogP contribution in [0.2, 0.25) is 0 Å². The zero-order chi connectivity index (χ0) is 20.1. The van der Waals surface area contributed by atoms with E-state index in [1.807, 2.05) is 13.8 Å². The molecule has 0 aromatic carbocycles. The van der Waals surface area contributed by atoms with Gasteiger partial charge in [0.25, 0.3) is 0 Å². The van der Waals surface area contributed by atoms with Crippen LogP contribution in [-0.2, 0) is 19.0 Å². The lowest BCUT2D eigenvalue weighted by molar-refractivity contribution is -0.914. The molecule has 2 N–H and O–H groups in total. The lowest BCUT2D eigenvalue weighted by Gasteiger charge is -2.32. The second-order valence-corrected chi connectivity index (χ2v) is 7.73. The minimum atomic E-state index is -0.601. The van der Waals surface area contributed by atoms with Crippen LogP contribution >= 0.6 is 11.3 Å². The summed E-state index contributed by atoms with van der Waals surface area (Å²) in [6.07, 6.45) is 0.639. The summed E-state index contributed by atoms with van der Waals surface area (Å²) in [6.45, 7) is 8.07. The Morgan fingerprint density at radius 3 is 2.30 bits per heavy atom. The maximum atomic E-state index is 12.4. The van der Waals surface area contributed by atoms with Crippen LogP contribution in [0.15, 0.2) is 0 Å². The Morgan fingerprint density at radius 1 is 1.15 bits per heavy atom. The Balaban J connectivity index is 2.08. The number of carbonyl (C=O) groups excluding carboxylic acids is 3. The van der Waals surface area contributed by atoms with Gasteiger partial charge < -0.3 is 24.4 Å². The topological polar surface area (TPSA) is 95.4 Å². The van der Waals surface area contributed by atoms with Gasteiger partial charge in [-0.3, -0.25) is 4.79 Å². The average molecular weight is 399 g/mol. The Kier molecular flexibility index (Phi) is 7.34. The fraction of sp³-hybridized carbons (Fsp3) is 0.611. The number of anilines is 1. The maximum absolute atomic E-state index is 12.4. The molecular weight excluding hydrogens is 372 g/mol. The molecular formula is C18H27N2O6S+. The number of thiophene rings is 1. The van der Waals surface area contributed by atoms with Crippen LogP contribution in [0.25, 0.3) is 0 Å².